The number of thioether (sulfide) groups is 1. The lowest BCUT2D eigenvalue weighted by atomic mass is 10.2. The Morgan fingerprint density at radius 3 is 2.81 bits per heavy atom. The lowest BCUT2D eigenvalue weighted by Gasteiger charge is -2.10. The standard InChI is InChI=1S/C9H14F3N3S/c1-7(13)6-8-14-2-3-15(8)4-5-16-9(10,11)12/h2-3,7H,4-6,13H2,1H3. The van der Waals surface area contributed by atoms with Crippen LogP contribution < -0.4 is 5.73 Å². The van der Waals surface area contributed by atoms with Crippen molar-refractivity contribution in [1.82, 2.24) is 9.55 Å². The summed E-state index contributed by atoms with van der Waals surface area (Å²) in [6.07, 6.45) is 3.83. The van der Waals surface area contributed by atoms with E-state index < -0.39 is 5.51 Å². The molecule has 0 fully saturated rings. The first-order chi connectivity index (χ1) is 7.38. The van der Waals surface area contributed by atoms with Gasteiger partial charge in [-0.05, 0) is 18.7 Å². The number of nitrogens with two attached hydrogens (primary N) is 1. The zero-order valence-corrected chi connectivity index (χ0v) is 9.68. The van der Waals surface area contributed by atoms with E-state index >= 15 is 0 Å². The van der Waals surface area contributed by atoms with Gasteiger partial charge in [-0.2, -0.15) is 13.2 Å². The summed E-state index contributed by atoms with van der Waals surface area (Å²) in [4.78, 5) is 4.06. The van der Waals surface area contributed by atoms with Crippen LogP contribution in [0.2, 0.25) is 0 Å². The van der Waals surface area contributed by atoms with Gasteiger partial charge in [-0.3, -0.25) is 0 Å². The Morgan fingerprint density at radius 2 is 2.25 bits per heavy atom. The fraction of sp³-hybridized carbons (Fsp3) is 0.667. The molecule has 7 heteroatoms. The summed E-state index contributed by atoms with van der Waals surface area (Å²) < 4.78 is 37.4. The SMILES string of the molecule is CC(N)Cc1nccn1CCSC(F)(F)F. The molecule has 1 heterocycles. The van der Waals surface area contributed by atoms with Crippen molar-refractivity contribution in [2.75, 3.05) is 5.75 Å². The van der Waals surface area contributed by atoms with Crippen molar-refractivity contribution < 1.29 is 13.2 Å². The third kappa shape index (κ3) is 4.89. The second-order valence-corrected chi connectivity index (χ2v) is 4.67. The predicted molar refractivity (Wildman–Crippen MR) is 58.1 cm³/mol. The highest BCUT2D eigenvalue weighted by molar-refractivity contribution is 8.00. The molecular weight excluding hydrogens is 239 g/mol. The van der Waals surface area contributed by atoms with Gasteiger partial charge >= 0.3 is 5.51 Å². The number of hydrogen-bond acceptors (Lipinski definition) is 3. The molecule has 92 valence electrons. The fourth-order valence-electron chi connectivity index (χ4n) is 1.28. The first-order valence-corrected chi connectivity index (χ1v) is 5.83. The molecule has 0 saturated heterocycles. The van der Waals surface area contributed by atoms with Gasteiger partial charge in [0.1, 0.15) is 5.82 Å². The summed E-state index contributed by atoms with van der Waals surface area (Å²) in [6.45, 7) is 2.13. The van der Waals surface area contributed by atoms with Gasteiger partial charge in [0.2, 0.25) is 0 Å². The largest absolute Gasteiger partial charge is 0.441 e. The molecule has 0 radical (unpaired) electrons. The normalized spacial score (nSPS) is 14.1. The van der Waals surface area contributed by atoms with Gasteiger partial charge in [-0.25, -0.2) is 4.98 Å². The first kappa shape index (κ1) is 13.4. The summed E-state index contributed by atoms with van der Waals surface area (Å²) >= 11 is -0.0205. The molecule has 16 heavy (non-hydrogen) atoms. The maximum absolute atomic E-state index is 11.9. The number of alkyl halides is 3. The maximum atomic E-state index is 11.9. The molecule has 2 N–H and O–H groups in total. The highest BCUT2D eigenvalue weighted by Crippen LogP contribution is 2.30. The number of aryl methyl sites for hydroxylation is 1. The van der Waals surface area contributed by atoms with E-state index in [4.69, 9.17) is 5.73 Å². The summed E-state index contributed by atoms with van der Waals surface area (Å²) in [5.74, 6) is 0.726. The van der Waals surface area contributed by atoms with E-state index in [1.807, 2.05) is 6.92 Å². The molecule has 0 amide bonds. The van der Waals surface area contributed by atoms with E-state index in [0.717, 1.165) is 5.82 Å². The van der Waals surface area contributed by atoms with E-state index in [1.165, 1.54) is 0 Å². The minimum atomic E-state index is -4.16. The number of nitrogens with zero attached hydrogens (tertiary/aromatic N) is 2. The molecule has 0 saturated carbocycles. The lowest BCUT2D eigenvalue weighted by molar-refractivity contribution is -0.0328. The first-order valence-electron chi connectivity index (χ1n) is 4.85. The second-order valence-electron chi connectivity index (χ2n) is 3.51. The molecule has 0 bridgehead atoms. The molecule has 1 unspecified atom stereocenters. The van der Waals surface area contributed by atoms with Crippen LogP contribution in [-0.4, -0.2) is 26.9 Å². The molecule has 3 nitrogen and oxygen atoms in total. The predicted octanol–water partition coefficient (Wildman–Crippen LogP) is 2.03. The van der Waals surface area contributed by atoms with Gasteiger partial charge < -0.3 is 10.3 Å². The lowest BCUT2D eigenvalue weighted by Crippen LogP contribution is -2.21. The molecular formula is C9H14F3N3S. The summed E-state index contributed by atoms with van der Waals surface area (Å²) in [5.41, 5.74) is 1.45. The Balaban J connectivity index is 2.45. The minimum absolute atomic E-state index is 0.00812. The van der Waals surface area contributed by atoms with Crippen molar-refractivity contribution in [3.05, 3.63) is 18.2 Å². The Bertz CT molecular complexity index is 322. The van der Waals surface area contributed by atoms with Crippen LogP contribution >= 0.6 is 11.8 Å². The molecule has 0 aliphatic heterocycles. The van der Waals surface area contributed by atoms with Crippen molar-refractivity contribution in [2.45, 2.75) is 31.4 Å². The minimum Gasteiger partial charge on any atom is -0.334 e. The fourth-order valence-corrected chi connectivity index (χ4v) is 1.80. The third-order valence-electron chi connectivity index (χ3n) is 1.90. The van der Waals surface area contributed by atoms with Gasteiger partial charge in [0, 0.05) is 37.2 Å². The molecule has 1 aromatic heterocycles. The number of aromatic nitrogens is 2. The van der Waals surface area contributed by atoms with Crippen molar-refractivity contribution in [1.29, 1.82) is 0 Å². The van der Waals surface area contributed by atoms with Gasteiger partial charge in [-0.1, -0.05) is 0 Å². The second kappa shape index (κ2) is 5.58. The van der Waals surface area contributed by atoms with Crippen LogP contribution in [-0.2, 0) is 13.0 Å². The molecule has 1 rings (SSSR count). The van der Waals surface area contributed by atoms with Crippen LogP contribution in [0.15, 0.2) is 12.4 Å². The van der Waals surface area contributed by atoms with Crippen molar-refractivity contribution in [3.63, 3.8) is 0 Å². The van der Waals surface area contributed by atoms with Gasteiger partial charge in [0.25, 0.3) is 0 Å². The Kier molecular flexibility index (Phi) is 4.67. The van der Waals surface area contributed by atoms with E-state index in [-0.39, 0.29) is 23.6 Å². The van der Waals surface area contributed by atoms with Crippen LogP contribution in [0.5, 0.6) is 0 Å². The van der Waals surface area contributed by atoms with E-state index in [9.17, 15) is 13.2 Å². The van der Waals surface area contributed by atoms with Crippen molar-refractivity contribution >= 4 is 11.8 Å². The Morgan fingerprint density at radius 1 is 1.56 bits per heavy atom. The Hall–Kier alpha value is -0.690. The number of halogens is 3. The molecule has 0 aliphatic carbocycles. The van der Waals surface area contributed by atoms with E-state index in [0.29, 0.717) is 13.0 Å². The number of hydrogen-bond donors (Lipinski definition) is 1. The third-order valence-corrected chi connectivity index (χ3v) is 2.62. The van der Waals surface area contributed by atoms with E-state index in [2.05, 4.69) is 4.98 Å². The zero-order chi connectivity index (χ0) is 12.2. The summed E-state index contributed by atoms with van der Waals surface area (Å²) in [7, 11) is 0. The topological polar surface area (TPSA) is 43.8 Å². The maximum Gasteiger partial charge on any atom is 0.441 e. The summed E-state index contributed by atoms with van der Waals surface area (Å²) in [6, 6.07) is -0.0450. The summed E-state index contributed by atoms with van der Waals surface area (Å²) in [5, 5.41) is 0. The van der Waals surface area contributed by atoms with Crippen LogP contribution in [0.4, 0.5) is 13.2 Å². The highest BCUT2D eigenvalue weighted by atomic mass is 32.2. The monoisotopic (exact) mass is 253 g/mol. The molecule has 1 atom stereocenters. The molecule has 0 aliphatic rings. The zero-order valence-electron chi connectivity index (χ0n) is 8.87. The van der Waals surface area contributed by atoms with Crippen LogP contribution in [0, 0.1) is 0 Å². The molecule has 0 spiro atoms. The average Bonchev–Trinajstić information content (AvgIpc) is 2.49. The van der Waals surface area contributed by atoms with Crippen molar-refractivity contribution in [2.24, 2.45) is 5.73 Å². The van der Waals surface area contributed by atoms with E-state index in [1.54, 1.807) is 17.0 Å². The molecule has 0 aromatic carbocycles. The Labute approximate surface area is 96.2 Å². The van der Waals surface area contributed by atoms with Gasteiger partial charge in [0.05, 0.1) is 0 Å². The highest BCUT2D eigenvalue weighted by Gasteiger charge is 2.27. The average molecular weight is 253 g/mol. The molecule has 1 aromatic rings. The van der Waals surface area contributed by atoms with Crippen LogP contribution in [0.3, 0.4) is 0 Å². The number of imidazole rings is 1. The van der Waals surface area contributed by atoms with Gasteiger partial charge in [-0.15, -0.1) is 0 Å². The quantitative estimate of drug-likeness (QED) is 0.873. The van der Waals surface area contributed by atoms with Gasteiger partial charge in [0.15, 0.2) is 0 Å². The van der Waals surface area contributed by atoms with Crippen LogP contribution in [0.1, 0.15) is 12.7 Å². The van der Waals surface area contributed by atoms with Crippen LogP contribution in [0.25, 0.3) is 0 Å². The number of rotatable bonds is 5. The van der Waals surface area contributed by atoms with Crippen molar-refractivity contribution in [3.8, 4) is 0 Å². The smallest absolute Gasteiger partial charge is 0.334 e.